The van der Waals surface area contributed by atoms with Crippen LogP contribution < -0.4 is 29.6 Å². The topological polar surface area (TPSA) is 121 Å². The van der Waals surface area contributed by atoms with Crippen LogP contribution in [0.3, 0.4) is 0 Å². The number of rotatable bonds is 0. The first-order valence-corrected chi connectivity index (χ1v) is 12.9. The van der Waals surface area contributed by atoms with E-state index >= 15 is 0 Å². The van der Waals surface area contributed by atoms with Crippen LogP contribution in [0.5, 0.6) is 0 Å². The van der Waals surface area contributed by atoms with Crippen LogP contribution >= 0.6 is 13.4 Å². The molecule has 0 bridgehead atoms. The third kappa shape index (κ3) is 59.2. The summed E-state index contributed by atoms with van der Waals surface area (Å²) in [5.74, 6) is 0. The summed E-state index contributed by atoms with van der Waals surface area (Å²) in [5, 5.41) is 0. The molecule has 0 heterocycles. The number of hydrogen-bond acceptors (Lipinski definition) is 2. The fourth-order valence-electron chi connectivity index (χ4n) is 2.12. The van der Waals surface area contributed by atoms with E-state index in [1.807, 2.05) is 0 Å². The van der Waals surface area contributed by atoms with E-state index in [0.717, 1.165) is 0 Å². The van der Waals surface area contributed by atoms with Crippen molar-refractivity contribution < 1.29 is 60.3 Å². The third-order valence-corrected chi connectivity index (χ3v) is 3.00. The molecule has 0 amide bonds. The van der Waals surface area contributed by atoms with Gasteiger partial charge in [-0.3, -0.25) is 0 Å². The van der Waals surface area contributed by atoms with Crippen LogP contribution in [0.1, 0.15) is 78.5 Å². The smallest absolute Gasteiger partial charge is 1.00 e. The average molecular weight is 420 g/mol. The van der Waals surface area contributed by atoms with Crippen molar-refractivity contribution in [2.24, 2.45) is 0 Å². The van der Waals surface area contributed by atoms with E-state index in [0.29, 0.717) is 0 Å². The molecular formula is C12H31NaO6P2S2. The van der Waals surface area contributed by atoms with Gasteiger partial charge in [0.2, 0.25) is 0 Å². The average Bonchev–Trinajstić information content (AvgIpc) is 2.40. The molecule has 6 N–H and O–H groups in total. The van der Waals surface area contributed by atoms with E-state index < -0.39 is 13.4 Å². The van der Waals surface area contributed by atoms with Gasteiger partial charge in [0.15, 0.2) is 0 Å². The molecule has 0 atom stereocenters. The minimum atomic E-state index is -3.81. The van der Waals surface area contributed by atoms with E-state index in [4.69, 9.17) is 29.4 Å². The summed E-state index contributed by atoms with van der Waals surface area (Å²) >= 11 is 7.21. The first-order chi connectivity index (χ1) is 10.0. The number of hydrogen-bond donors (Lipinski definition) is 6. The summed E-state index contributed by atoms with van der Waals surface area (Å²) in [6.07, 6.45) is 18.0. The molecule has 0 aromatic heterocycles. The third-order valence-electron chi connectivity index (χ3n) is 3.00. The van der Waals surface area contributed by atoms with E-state index in [-0.39, 0.29) is 31.0 Å². The summed E-state index contributed by atoms with van der Waals surface area (Å²) in [4.78, 5) is 45.3. The standard InChI is InChI=1S/2C6H12.Na.2H3O3PS.H/c2*1-2-4-6-5-3-1;;2*1-4(2,3)5;/h2*1-6H2;;2*(H3,1,2,3,5);/q;;+1;;;-1. The zero-order valence-corrected chi connectivity index (χ0v) is 19.3. The molecule has 2 fully saturated rings. The van der Waals surface area contributed by atoms with Crippen LogP contribution in [-0.2, 0) is 23.6 Å². The van der Waals surface area contributed by atoms with Crippen molar-refractivity contribution in [2.45, 2.75) is 77.0 Å². The Hall–Kier alpha value is 2.06. The van der Waals surface area contributed by atoms with Gasteiger partial charge in [-0.25, -0.2) is 0 Å². The van der Waals surface area contributed by atoms with Gasteiger partial charge in [0.1, 0.15) is 0 Å². The maximum Gasteiger partial charge on any atom is 1.00 e. The zero-order chi connectivity index (χ0) is 17.5. The Morgan fingerprint density at radius 3 is 0.522 bits per heavy atom. The zero-order valence-electron chi connectivity index (χ0n) is 14.9. The van der Waals surface area contributed by atoms with Gasteiger partial charge in [-0.05, 0) is 23.6 Å². The molecule has 2 rings (SSSR count). The first kappa shape index (κ1) is 29.8. The molecule has 0 unspecified atom stereocenters. The van der Waals surface area contributed by atoms with Crippen molar-refractivity contribution >= 4 is 37.1 Å². The maximum atomic E-state index is 7.56. The monoisotopic (exact) mass is 420 g/mol. The summed E-state index contributed by atoms with van der Waals surface area (Å²) in [5.41, 5.74) is 0. The summed E-state index contributed by atoms with van der Waals surface area (Å²) in [6.45, 7) is -7.61. The Balaban J connectivity index is -0.000000109. The molecule has 2 aliphatic carbocycles. The molecule has 0 aromatic carbocycles. The summed E-state index contributed by atoms with van der Waals surface area (Å²) in [7, 11) is 0. The molecule has 2 aliphatic rings. The van der Waals surface area contributed by atoms with Crippen LogP contribution in [0, 0.1) is 0 Å². The second kappa shape index (κ2) is 18.8. The second-order valence-electron chi connectivity index (χ2n) is 5.27. The maximum absolute atomic E-state index is 7.56. The van der Waals surface area contributed by atoms with E-state index in [1.54, 1.807) is 0 Å². The minimum absolute atomic E-state index is 0. The quantitative estimate of drug-likeness (QED) is 0.242. The predicted molar refractivity (Wildman–Crippen MR) is 98.4 cm³/mol. The fourth-order valence-corrected chi connectivity index (χ4v) is 2.12. The Morgan fingerprint density at radius 2 is 0.478 bits per heavy atom. The molecule has 0 spiro atoms. The van der Waals surface area contributed by atoms with Crippen LogP contribution in [0.4, 0.5) is 0 Å². The van der Waals surface area contributed by atoms with Crippen molar-refractivity contribution in [3.8, 4) is 0 Å². The summed E-state index contributed by atoms with van der Waals surface area (Å²) < 4.78 is 0. The molecule has 0 aliphatic heterocycles. The van der Waals surface area contributed by atoms with Crippen LogP contribution in [0.15, 0.2) is 0 Å². The van der Waals surface area contributed by atoms with Gasteiger partial charge in [0.25, 0.3) is 0 Å². The predicted octanol–water partition coefficient (Wildman–Crippen LogP) is 0.173. The Labute approximate surface area is 173 Å². The van der Waals surface area contributed by atoms with Gasteiger partial charge in [0.05, 0.1) is 0 Å². The van der Waals surface area contributed by atoms with Crippen molar-refractivity contribution in [2.75, 3.05) is 0 Å². The molecule has 6 nitrogen and oxygen atoms in total. The van der Waals surface area contributed by atoms with Crippen LogP contribution in [0.2, 0.25) is 0 Å². The largest absolute Gasteiger partial charge is 1.00 e. The van der Waals surface area contributed by atoms with Crippen molar-refractivity contribution in [1.82, 2.24) is 0 Å². The Morgan fingerprint density at radius 1 is 0.435 bits per heavy atom. The molecule has 23 heavy (non-hydrogen) atoms. The van der Waals surface area contributed by atoms with Gasteiger partial charge in [-0.1, -0.05) is 77.0 Å². The second-order valence-corrected chi connectivity index (χ2v) is 10.3. The van der Waals surface area contributed by atoms with Gasteiger partial charge < -0.3 is 30.8 Å². The molecule has 138 valence electrons. The van der Waals surface area contributed by atoms with Gasteiger partial charge in [-0.15, -0.1) is 0 Å². The van der Waals surface area contributed by atoms with Gasteiger partial charge >= 0.3 is 43.0 Å². The molecule has 0 aromatic rings. The van der Waals surface area contributed by atoms with Crippen molar-refractivity contribution in [3.63, 3.8) is 0 Å². The molecule has 0 saturated heterocycles. The summed E-state index contributed by atoms with van der Waals surface area (Å²) in [6, 6.07) is 0. The molecule has 0 radical (unpaired) electrons. The van der Waals surface area contributed by atoms with E-state index in [9.17, 15) is 0 Å². The van der Waals surface area contributed by atoms with Gasteiger partial charge in [0, 0.05) is 0 Å². The van der Waals surface area contributed by atoms with Crippen LogP contribution in [-0.4, -0.2) is 29.4 Å². The molecule has 2 saturated carbocycles. The van der Waals surface area contributed by atoms with E-state index in [1.165, 1.54) is 77.0 Å². The van der Waals surface area contributed by atoms with E-state index in [2.05, 4.69) is 23.6 Å². The molecular weight excluding hydrogens is 389 g/mol. The fraction of sp³-hybridized carbons (Fsp3) is 1.00. The van der Waals surface area contributed by atoms with Gasteiger partial charge in [-0.2, -0.15) is 0 Å². The normalized spacial score (nSPS) is 17.7. The Bertz CT molecular complexity index is 264. The van der Waals surface area contributed by atoms with Crippen molar-refractivity contribution in [3.05, 3.63) is 0 Å². The first-order valence-electron chi connectivity index (χ1n) is 7.57. The van der Waals surface area contributed by atoms with Crippen LogP contribution in [0.25, 0.3) is 0 Å². The minimum Gasteiger partial charge on any atom is -1.00 e. The Kier molecular flexibility index (Phi) is 24.4. The SMILES string of the molecule is C1CCCCC1.C1CCCCC1.OP(O)(O)=S.OP(O)(O)=S.[H-].[Na+]. The molecule has 11 heteroatoms. The van der Waals surface area contributed by atoms with Crippen molar-refractivity contribution in [1.29, 1.82) is 0 Å².